The van der Waals surface area contributed by atoms with Crippen LogP contribution in [0.2, 0.25) is 0 Å². The Morgan fingerprint density at radius 3 is 0.571 bits per heavy atom. The van der Waals surface area contributed by atoms with Gasteiger partial charge in [0.25, 0.3) is 0 Å². The number of hydrogen-bond donors (Lipinski definition) is 0. The van der Waals surface area contributed by atoms with Crippen molar-refractivity contribution >= 4 is 23.9 Å². The molecule has 8 nitrogen and oxygen atoms in total. The third-order valence-corrected chi connectivity index (χ3v) is 10.4. The molecular formula is C40H76CeO8. The summed E-state index contributed by atoms with van der Waals surface area (Å²) in [6.07, 6.45) is 18.6. The molecule has 0 aliphatic rings. The summed E-state index contributed by atoms with van der Waals surface area (Å²) >= 11 is 0. The van der Waals surface area contributed by atoms with Crippen molar-refractivity contribution in [1.29, 1.82) is 0 Å². The van der Waals surface area contributed by atoms with E-state index in [4.69, 9.17) is 0 Å². The van der Waals surface area contributed by atoms with E-state index in [1.165, 1.54) is 0 Å². The molecule has 0 aliphatic carbocycles. The Labute approximate surface area is 336 Å². The van der Waals surface area contributed by atoms with Gasteiger partial charge >= 0.3 is 41.7 Å². The van der Waals surface area contributed by atoms with Crippen molar-refractivity contribution in [2.24, 2.45) is 21.7 Å². The standard InChI is InChI=1S/4C10H20O2.Ce/c4*1-4-6-7-8-10(3,5-2)9(11)12;/h4*4-8H2,1-3H3,(H,11,12);/q;;;;+4/p-4. The first-order valence-corrected chi connectivity index (χ1v) is 19.1. The number of carboxylic acids is 4. The van der Waals surface area contributed by atoms with Gasteiger partial charge in [-0.2, -0.15) is 0 Å². The second-order valence-electron chi connectivity index (χ2n) is 14.6. The Hall–Kier alpha value is -0.743. The van der Waals surface area contributed by atoms with E-state index in [0.717, 1.165) is 103 Å². The average Bonchev–Trinajstić information content (AvgIpc) is 3.05. The largest absolute Gasteiger partial charge is 4.00 e. The van der Waals surface area contributed by atoms with Gasteiger partial charge in [-0.05, 0) is 51.4 Å². The van der Waals surface area contributed by atoms with Crippen molar-refractivity contribution in [3.05, 3.63) is 0 Å². The van der Waals surface area contributed by atoms with Crippen molar-refractivity contribution < 1.29 is 81.4 Å². The molecule has 0 spiro atoms. The number of unbranched alkanes of at least 4 members (excludes halogenated alkanes) is 8. The second-order valence-corrected chi connectivity index (χ2v) is 14.6. The van der Waals surface area contributed by atoms with E-state index in [1.54, 1.807) is 27.7 Å². The zero-order chi connectivity index (χ0) is 38.5. The summed E-state index contributed by atoms with van der Waals surface area (Å²) in [4.78, 5) is 42.9. The Morgan fingerprint density at radius 1 is 0.347 bits per heavy atom. The van der Waals surface area contributed by atoms with Crippen LogP contribution in [-0.4, -0.2) is 23.9 Å². The van der Waals surface area contributed by atoms with Crippen molar-refractivity contribution in [2.75, 3.05) is 0 Å². The van der Waals surface area contributed by atoms with Gasteiger partial charge in [0, 0.05) is 45.5 Å². The molecule has 0 bridgehead atoms. The second kappa shape index (κ2) is 33.1. The summed E-state index contributed by atoms with van der Waals surface area (Å²) < 4.78 is 0. The van der Waals surface area contributed by atoms with E-state index >= 15 is 0 Å². The van der Waals surface area contributed by atoms with Gasteiger partial charge in [0.1, 0.15) is 0 Å². The molecular weight excluding hydrogens is 749 g/mol. The van der Waals surface area contributed by atoms with Gasteiger partial charge in [0.2, 0.25) is 0 Å². The van der Waals surface area contributed by atoms with Crippen LogP contribution >= 0.6 is 0 Å². The SMILES string of the molecule is CCCCCC(C)(CC)C(=O)[O-].CCCCCC(C)(CC)C(=O)[O-].CCCCCC(C)(CC)C(=O)[O-].CCCCCC(C)(CC)C(=O)[O-].[Ce+4]. The molecule has 0 aromatic rings. The van der Waals surface area contributed by atoms with E-state index in [-0.39, 0.29) is 41.7 Å². The number of carboxylic acid groups (broad SMARTS) is 4. The number of carbonyl (C=O) groups is 4. The van der Waals surface area contributed by atoms with Gasteiger partial charge in [-0.1, -0.05) is 160 Å². The summed E-state index contributed by atoms with van der Waals surface area (Å²) in [5.74, 6) is -3.61. The van der Waals surface area contributed by atoms with E-state index in [9.17, 15) is 39.6 Å². The van der Waals surface area contributed by atoms with Crippen LogP contribution in [-0.2, 0) is 19.2 Å². The summed E-state index contributed by atoms with van der Waals surface area (Å²) in [7, 11) is 0. The summed E-state index contributed by atoms with van der Waals surface area (Å²) in [6.45, 7) is 23.2. The third kappa shape index (κ3) is 27.6. The molecule has 0 aliphatic heterocycles. The molecule has 0 amide bonds. The van der Waals surface area contributed by atoms with Crippen LogP contribution in [0.5, 0.6) is 0 Å². The molecule has 0 radical (unpaired) electrons. The number of rotatable bonds is 24. The van der Waals surface area contributed by atoms with E-state index in [0.29, 0.717) is 25.7 Å². The van der Waals surface area contributed by atoms with Crippen LogP contribution in [0.4, 0.5) is 0 Å². The summed E-state index contributed by atoms with van der Waals surface area (Å²) in [6, 6.07) is 0. The molecule has 49 heavy (non-hydrogen) atoms. The maximum atomic E-state index is 10.7. The normalized spacial score (nSPS) is 15.3. The van der Waals surface area contributed by atoms with Crippen LogP contribution in [0, 0.1) is 63.4 Å². The Balaban J connectivity index is -0.000000174. The molecule has 9 heteroatoms. The molecule has 0 N–H and O–H groups in total. The fourth-order valence-electron chi connectivity index (χ4n) is 4.75. The maximum Gasteiger partial charge on any atom is 4.00 e. The fraction of sp³-hybridized carbons (Fsp3) is 0.900. The molecule has 0 heterocycles. The smallest absolute Gasteiger partial charge is 0.550 e. The van der Waals surface area contributed by atoms with E-state index < -0.39 is 45.5 Å². The van der Waals surface area contributed by atoms with Crippen LogP contribution < -0.4 is 20.4 Å². The topological polar surface area (TPSA) is 161 Å². The minimum atomic E-state index is -0.902. The minimum absolute atomic E-state index is 0. The Morgan fingerprint density at radius 2 is 0.490 bits per heavy atom. The van der Waals surface area contributed by atoms with Gasteiger partial charge in [0.05, 0.1) is 0 Å². The minimum Gasteiger partial charge on any atom is -0.550 e. The summed E-state index contributed by atoms with van der Waals surface area (Å²) in [5.41, 5.74) is -2.41. The van der Waals surface area contributed by atoms with Crippen molar-refractivity contribution in [1.82, 2.24) is 0 Å². The van der Waals surface area contributed by atoms with Gasteiger partial charge in [-0.3, -0.25) is 0 Å². The molecule has 288 valence electrons. The molecule has 0 saturated carbocycles. The zero-order valence-electron chi connectivity index (χ0n) is 33.9. The molecule has 0 aromatic carbocycles. The van der Waals surface area contributed by atoms with E-state index in [2.05, 4.69) is 27.7 Å². The average molecular weight is 825 g/mol. The van der Waals surface area contributed by atoms with Crippen molar-refractivity contribution in [3.63, 3.8) is 0 Å². The van der Waals surface area contributed by atoms with E-state index in [1.807, 2.05) is 27.7 Å². The van der Waals surface area contributed by atoms with Gasteiger partial charge in [0.15, 0.2) is 0 Å². The first-order valence-electron chi connectivity index (χ1n) is 19.1. The number of aliphatic carboxylic acids is 4. The monoisotopic (exact) mass is 824 g/mol. The van der Waals surface area contributed by atoms with Gasteiger partial charge in [-0.25, -0.2) is 0 Å². The summed E-state index contributed by atoms with van der Waals surface area (Å²) in [5, 5.41) is 42.9. The molecule has 0 rings (SSSR count). The molecule has 4 atom stereocenters. The Kier molecular flexibility index (Phi) is 38.9. The molecule has 0 fully saturated rings. The maximum absolute atomic E-state index is 10.7. The molecule has 4 unspecified atom stereocenters. The number of hydrogen-bond acceptors (Lipinski definition) is 8. The van der Waals surface area contributed by atoms with Crippen LogP contribution in [0.1, 0.15) is 212 Å². The first-order chi connectivity index (χ1) is 22.3. The molecule has 0 saturated heterocycles. The quantitative estimate of drug-likeness (QED) is 0.0948. The number of carbonyl (C=O) groups excluding carboxylic acids is 4. The van der Waals surface area contributed by atoms with Crippen LogP contribution in [0.25, 0.3) is 0 Å². The van der Waals surface area contributed by atoms with Crippen LogP contribution in [0.15, 0.2) is 0 Å². The predicted molar refractivity (Wildman–Crippen MR) is 190 cm³/mol. The fourth-order valence-corrected chi connectivity index (χ4v) is 4.75. The van der Waals surface area contributed by atoms with Gasteiger partial charge in [-0.15, -0.1) is 0 Å². The van der Waals surface area contributed by atoms with Gasteiger partial charge < -0.3 is 39.6 Å². The first kappa shape index (κ1) is 57.6. The van der Waals surface area contributed by atoms with Crippen molar-refractivity contribution in [3.8, 4) is 0 Å². The van der Waals surface area contributed by atoms with Crippen LogP contribution in [0.3, 0.4) is 0 Å². The zero-order valence-corrected chi connectivity index (χ0v) is 37.0. The predicted octanol–water partition coefficient (Wildman–Crippen LogP) is 6.93. The van der Waals surface area contributed by atoms with Crippen molar-refractivity contribution in [2.45, 2.75) is 212 Å². The third-order valence-electron chi connectivity index (χ3n) is 10.4. The Bertz CT molecular complexity index is 714. The molecule has 0 aromatic heterocycles.